The summed E-state index contributed by atoms with van der Waals surface area (Å²) in [6.45, 7) is 7.80. The molecule has 0 amide bonds. The van der Waals surface area contributed by atoms with Crippen molar-refractivity contribution in [3.8, 4) is 0 Å². The van der Waals surface area contributed by atoms with Crippen molar-refractivity contribution in [2.45, 2.75) is 38.9 Å². The van der Waals surface area contributed by atoms with Crippen molar-refractivity contribution in [2.75, 3.05) is 12.4 Å². The van der Waals surface area contributed by atoms with Gasteiger partial charge in [0.05, 0.1) is 11.2 Å². The molecule has 0 aliphatic carbocycles. The summed E-state index contributed by atoms with van der Waals surface area (Å²) in [4.78, 5) is 0. The summed E-state index contributed by atoms with van der Waals surface area (Å²) in [6.07, 6.45) is 0. The minimum absolute atomic E-state index is 0.312. The third-order valence-corrected chi connectivity index (χ3v) is 3.79. The van der Waals surface area contributed by atoms with Gasteiger partial charge in [-0.2, -0.15) is 0 Å². The topological polar surface area (TPSA) is 30.5 Å². The lowest BCUT2D eigenvalue weighted by Crippen LogP contribution is -2.41. The third-order valence-electron chi connectivity index (χ3n) is 3.79. The molecule has 1 aromatic carbocycles. The number of benzene rings is 1. The van der Waals surface area contributed by atoms with E-state index in [9.17, 15) is 4.39 Å². The molecule has 0 radical (unpaired) electrons. The molecule has 1 aliphatic rings. The van der Waals surface area contributed by atoms with Gasteiger partial charge in [-0.25, -0.2) is 4.39 Å². The van der Waals surface area contributed by atoms with Gasteiger partial charge in [-0.05, 0) is 45.9 Å². The smallest absolute Gasteiger partial charge is 0.399 e. The Labute approximate surface area is 108 Å². The second-order valence-corrected chi connectivity index (χ2v) is 5.57. The Bertz CT molecular complexity index is 446. The SMILES string of the molecule is CNc1ccc(F)c(B2OC(C)(C)C(C)(C)O2)c1. The molecule has 1 aliphatic heterocycles. The van der Waals surface area contributed by atoms with Gasteiger partial charge in [0.15, 0.2) is 0 Å². The van der Waals surface area contributed by atoms with Gasteiger partial charge in [0.2, 0.25) is 0 Å². The molecule has 3 nitrogen and oxygen atoms in total. The molecule has 5 heteroatoms. The molecule has 0 aromatic heterocycles. The van der Waals surface area contributed by atoms with Crippen LogP contribution in [0, 0.1) is 5.82 Å². The van der Waals surface area contributed by atoms with Gasteiger partial charge in [-0.3, -0.25) is 0 Å². The summed E-state index contributed by atoms with van der Waals surface area (Å²) < 4.78 is 25.6. The van der Waals surface area contributed by atoms with E-state index >= 15 is 0 Å². The Morgan fingerprint density at radius 2 is 1.67 bits per heavy atom. The van der Waals surface area contributed by atoms with E-state index in [0.29, 0.717) is 5.46 Å². The Hall–Kier alpha value is -1.07. The summed E-state index contributed by atoms with van der Waals surface area (Å²) in [6, 6.07) is 4.83. The number of anilines is 1. The zero-order chi connectivity index (χ0) is 13.6. The van der Waals surface area contributed by atoms with Crippen LogP contribution in [0.25, 0.3) is 0 Å². The van der Waals surface area contributed by atoms with Crippen LogP contribution >= 0.6 is 0 Å². The standard InChI is InChI=1S/C13H19BFNO2/c1-12(2)13(3,4)18-14(17-12)10-8-9(16-5)6-7-11(10)15/h6-8,16H,1-5H3. The fourth-order valence-electron chi connectivity index (χ4n) is 1.85. The zero-order valence-electron chi connectivity index (χ0n) is 11.5. The predicted octanol–water partition coefficient (Wildman–Crippen LogP) is 2.17. The fourth-order valence-corrected chi connectivity index (χ4v) is 1.85. The lowest BCUT2D eigenvalue weighted by Gasteiger charge is -2.32. The summed E-state index contributed by atoms with van der Waals surface area (Å²) in [5, 5.41) is 2.98. The lowest BCUT2D eigenvalue weighted by atomic mass is 9.78. The lowest BCUT2D eigenvalue weighted by molar-refractivity contribution is 0.00578. The maximum Gasteiger partial charge on any atom is 0.497 e. The Kier molecular flexibility index (Phi) is 3.15. The number of nitrogens with one attached hydrogen (secondary N) is 1. The molecule has 1 heterocycles. The van der Waals surface area contributed by atoms with E-state index in [1.165, 1.54) is 6.07 Å². The number of halogens is 1. The fraction of sp³-hybridized carbons (Fsp3) is 0.538. The van der Waals surface area contributed by atoms with E-state index < -0.39 is 18.3 Å². The predicted molar refractivity (Wildman–Crippen MR) is 71.7 cm³/mol. The average molecular weight is 251 g/mol. The van der Waals surface area contributed by atoms with Gasteiger partial charge in [0.1, 0.15) is 5.82 Å². The molecule has 98 valence electrons. The summed E-state index contributed by atoms with van der Waals surface area (Å²) in [5.41, 5.74) is 0.348. The van der Waals surface area contributed by atoms with Crippen LogP contribution in [0.2, 0.25) is 0 Å². The van der Waals surface area contributed by atoms with Crippen LogP contribution in [-0.2, 0) is 9.31 Å². The minimum Gasteiger partial charge on any atom is -0.399 e. The monoisotopic (exact) mass is 251 g/mol. The highest BCUT2D eigenvalue weighted by Gasteiger charge is 2.52. The van der Waals surface area contributed by atoms with Crippen molar-refractivity contribution in [2.24, 2.45) is 0 Å². The van der Waals surface area contributed by atoms with Gasteiger partial charge < -0.3 is 14.6 Å². The summed E-state index contributed by atoms with van der Waals surface area (Å²) >= 11 is 0. The van der Waals surface area contributed by atoms with Crippen molar-refractivity contribution in [3.05, 3.63) is 24.0 Å². The highest BCUT2D eigenvalue weighted by Crippen LogP contribution is 2.36. The zero-order valence-corrected chi connectivity index (χ0v) is 11.5. The molecule has 18 heavy (non-hydrogen) atoms. The van der Waals surface area contributed by atoms with Crippen LogP contribution in [0.15, 0.2) is 18.2 Å². The highest BCUT2D eigenvalue weighted by atomic mass is 19.1. The summed E-state index contributed by atoms with van der Waals surface area (Å²) in [5.74, 6) is -0.312. The van der Waals surface area contributed by atoms with E-state index in [2.05, 4.69) is 5.32 Å². The van der Waals surface area contributed by atoms with E-state index in [-0.39, 0.29) is 5.82 Å². The summed E-state index contributed by atoms with van der Waals surface area (Å²) in [7, 11) is 1.13. The Morgan fingerprint density at radius 3 is 2.17 bits per heavy atom. The normalized spacial score (nSPS) is 21.1. The second-order valence-electron chi connectivity index (χ2n) is 5.57. The van der Waals surface area contributed by atoms with Gasteiger partial charge >= 0.3 is 7.12 Å². The maximum atomic E-state index is 13.9. The van der Waals surface area contributed by atoms with E-state index in [1.807, 2.05) is 27.7 Å². The van der Waals surface area contributed by atoms with Crippen molar-refractivity contribution in [1.82, 2.24) is 0 Å². The van der Waals surface area contributed by atoms with Gasteiger partial charge in [0.25, 0.3) is 0 Å². The Balaban J connectivity index is 2.34. The molecule has 2 rings (SSSR count). The molecular formula is C13H19BFNO2. The van der Waals surface area contributed by atoms with Crippen LogP contribution in [0.1, 0.15) is 27.7 Å². The van der Waals surface area contributed by atoms with Crippen LogP contribution < -0.4 is 10.8 Å². The van der Waals surface area contributed by atoms with Gasteiger partial charge in [-0.15, -0.1) is 0 Å². The first-order valence-corrected chi connectivity index (χ1v) is 6.10. The first-order valence-electron chi connectivity index (χ1n) is 6.10. The molecule has 1 aromatic rings. The maximum absolute atomic E-state index is 13.9. The van der Waals surface area contributed by atoms with Crippen LogP contribution in [-0.4, -0.2) is 25.4 Å². The number of hydrogen-bond acceptors (Lipinski definition) is 3. The molecule has 0 bridgehead atoms. The Morgan fingerprint density at radius 1 is 1.11 bits per heavy atom. The average Bonchev–Trinajstić information content (AvgIpc) is 2.48. The van der Waals surface area contributed by atoms with Crippen molar-refractivity contribution in [3.63, 3.8) is 0 Å². The molecule has 1 fully saturated rings. The van der Waals surface area contributed by atoms with Crippen LogP contribution in [0.4, 0.5) is 10.1 Å². The molecule has 0 saturated carbocycles. The van der Waals surface area contributed by atoms with Crippen molar-refractivity contribution < 1.29 is 13.7 Å². The molecular weight excluding hydrogens is 232 g/mol. The molecule has 1 saturated heterocycles. The van der Waals surface area contributed by atoms with Gasteiger partial charge in [0, 0.05) is 18.2 Å². The molecule has 1 N–H and O–H groups in total. The minimum atomic E-state index is -0.664. The van der Waals surface area contributed by atoms with Crippen molar-refractivity contribution in [1.29, 1.82) is 0 Å². The number of hydrogen-bond donors (Lipinski definition) is 1. The third kappa shape index (κ3) is 2.13. The first-order chi connectivity index (χ1) is 8.27. The largest absolute Gasteiger partial charge is 0.497 e. The van der Waals surface area contributed by atoms with Crippen molar-refractivity contribution >= 4 is 18.3 Å². The molecule has 0 unspecified atom stereocenters. The van der Waals surface area contributed by atoms with Crippen LogP contribution in [0.3, 0.4) is 0 Å². The molecule has 0 atom stereocenters. The highest BCUT2D eigenvalue weighted by molar-refractivity contribution is 6.62. The van der Waals surface area contributed by atoms with E-state index in [4.69, 9.17) is 9.31 Å². The van der Waals surface area contributed by atoms with E-state index in [0.717, 1.165) is 5.69 Å². The molecule has 0 spiro atoms. The van der Waals surface area contributed by atoms with Gasteiger partial charge in [-0.1, -0.05) is 0 Å². The number of rotatable bonds is 2. The second kappa shape index (κ2) is 4.25. The first kappa shape index (κ1) is 13.4. The quantitative estimate of drug-likeness (QED) is 0.817. The van der Waals surface area contributed by atoms with Crippen LogP contribution in [0.5, 0.6) is 0 Å². The van der Waals surface area contributed by atoms with E-state index in [1.54, 1.807) is 19.2 Å².